The molecule has 2 fully saturated rings. The highest BCUT2D eigenvalue weighted by Crippen LogP contribution is 2.42. The van der Waals surface area contributed by atoms with Crippen molar-refractivity contribution < 1.29 is 14.0 Å². The molecular formula is C12H19N3O3. The van der Waals surface area contributed by atoms with E-state index in [0.717, 1.165) is 13.0 Å². The summed E-state index contributed by atoms with van der Waals surface area (Å²) in [5.41, 5.74) is 0. The Morgan fingerprint density at radius 2 is 2.22 bits per heavy atom. The first-order valence-electron chi connectivity index (χ1n) is 6.44. The van der Waals surface area contributed by atoms with E-state index < -0.39 is 0 Å². The normalized spacial score (nSPS) is 29.7. The Morgan fingerprint density at radius 1 is 1.39 bits per heavy atom. The minimum atomic E-state index is -0.0119. The van der Waals surface area contributed by atoms with Gasteiger partial charge in [-0.3, -0.25) is 0 Å². The Bertz CT molecular complexity index is 405. The van der Waals surface area contributed by atoms with Gasteiger partial charge in [0.25, 0.3) is 0 Å². The number of hydrogen-bond acceptors (Lipinski definition) is 6. The molecule has 3 rings (SSSR count). The molecule has 1 aromatic heterocycles. The molecule has 2 heterocycles. The summed E-state index contributed by atoms with van der Waals surface area (Å²) in [6, 6.07) is 0.105. The molecule has 6 heteroatoms. The van der Waals surface area contributed by atoms with Crippen molar-refractivity contribution in [1.82, 2.24) is 15.5 Å². The van der Waals surface area contributed by atoms with Crippen LogP contribution in [0.5, 0.6) is 0 Å². The van der Waals surface area contributed by atoms with E-state index in [9.17, 15) is 0 Å². The van der Waals surface area contributed by atoms with Gasteiger partial charge in [0.05, 0.1) is 12.1 Å². The second kappa shape index (κ2) is 4.95. The number of nitrogens with one attached hydrogen (secondary N) is 1. The van der Waals surface area contributed by atoms with Crippen LogP contribution in [0.2, 0.25) is 0 Å². The molecule has 2 aliphatic rings. The van der Waals surface area contributed by atoms with Crippen molar-refractivity contribution in [1.29, 1.82) is 0 Å². The van der Waals surface area contributed by atoms with Gasteiger partial charge in [0.2, 0.25) is 11.7 Å². The molecule has 1 saturated heterocycles. The fourth-order valence-electron chi connectivity index (χ4n) is 2.48. The Balaban J connectivity index is 1.69. The first kappa shape index (κ1) is 12.1. The molecule has 3 atom stereocenters. The summed E-state index contributed by atoms with van der Waals surface area (Å²) >= 11 is 0. The van der Waals surface area contributed by atoms with Crippen LogP contribution in [0.4, 0.5) is 0 Å². The fraction of sp³-hybridized carbons (Fsp3) is 0.833. The van der Waals surface area contributed by atoms with Crippen molar-refractivity contribution in [2.45, 2.75) is 37.5 Å². The van der Waals surface area contributed by atoms with Crippen LogP contribution in [0.3, 0.4) is 0 Å². The molecule has 0 spiro atoms. The lowest BCUT2D eigenvalue weighted by Gasteiger charge is -2.08. The first-order chi connectivity index (χ1) is 8.81. The molecule has 0 aromatic carbocycles. The van der Waals surface area contributed by atoms with Gasteiger partial charge < -0.3 is 19.3 Å². The lowest BCUT2D eigenvalue weighted by Crippen LogP contribution is -2.16. The fourth-order valence-corrected chi connectivity index (χ4v) is 2.48. The molecule has 1 aliphatic heterocycles. The van der Waals surface area contributed by atoms with Gasteiger partial charge in [-0.15, -0.1) is 0 Å². The number of nitrogens with zero attached hydrogens (tertiary/aromatic N) is 2. The quantitative estimate of drug-likeness (QED) is 0.850. The Labute approximate surface area is 106 Å². The van der Waals surface area contributed by atoms with Crippen LogP contribution in [0.1, 0.15) is 43.1 Å². The van der Waals surface area contributed by atoms with E-state index >= 15 is 0 Å². The molecule has 0 bridgehead atoms. The summed E-state index contributed by atoms with van der Waals surface area (Å²) in [7, 11) is 3.43. The first-order valence-corrected chi connectivity index (χ1v) is 6.44. The highest BCUT2D eigenvalue weighted by Gasteiger charge is 2.37. The highest BCUT2D eigenvalue weighted by molar-refractivity contribution is 5.02. The van der Waals surface area contributed by atoms with Crippen LogP contribution in [0.25, 0.3) is 0 Å². The van der Waals surface area contributed by atoms with Gasteiger partial charge in [-0.2, -0.15) is 4.98 Å². The maximum absolute atomic E-state index is 5.45. The van der Waals surface area contributed by atoms with Crippen LogP contribution in [-0.2, 0) is 9.47 Å². The SMILES string of the molecule is COC1CNC(c2nc(C(OC)C3CC3)no2)C1. The van der Waals surface area contributed by atoms with Gasteiger partial charge in [-0.1, -0.05) is 5.16 Å². The molecule has 18 heavy (non-hydrogen) atoms. The zero-order valence-electron chi connectivity index (χ0n) is 10.8. The third-order valence-corrected chi connectivity index (χ3v) is 3.74. The molecular weight excluding hydrogens is 234 g/mol. The number of ether oxygens (including phenoxy) is 2. The van der Waals surface area contributed by atoms with Gasteiger partial charge in [0.15, 0.2) is 0 Å². The van der Waals surface area contributed by atoms with Crippen molar-refractivity contribution in [2.75, 3.05) is 20.8 Å². The predicted molar refractivity (Wildman–Crippen MR) is 62.9 cm³/mol. The van der Waals surface area contributed by atoms with Gasteiger partial charge in [-0.25, -0.2) is 0 Å². The molecule has 3 unspecified atom stereocenters. The predicted octanol–water partition coefficient (Wildman–Crippen LogP) is 1.22. The average Bonchev–Trinajstić information content (AvgIpc) is 2.94. The molecule has 6 nitrogen and oxygen atoms in total. The number of aromatic nitrogens is 2. The summed E-state index contributed by atoms with van der Waals surface area (Å²) < 4.78 is 16.1. The average molecular weight is 253 g/mol. The summed E-state index contributed by atoms with van der Waals surface area (Å²) in [6.07, 6.45) is 3.47. The molecule has 1 aromatic rings. The van der Waals surface area contributed by atoms with Gasteiger partial charge in [0.1, 0.15) is 6.10 Å². The minimum Gasteiger partial charge on any atom is -0.380 e. The standard InChI is InChI=1S/C12H19N3O3/c1-16-8-5-9(13-6-8)12-14-11(15-18-12)10(17-2)7-3-4-7/h7-10,13H,3-6H2,1-2H3. The molecule has 1 N–H and O–H groups in total. The van der Waals surface area contributed by atoms with E-state index in [1.165, 1.54) is 12.8 Å². The largest absolute Gasteiger partial charge is 0.380 e. The van der Waals surface area contributed by atoms with E-state index in [0.29, 0.717) is 17.6 Å². The molecule has 1 saturated carbocycles. The Hall–Kier alpha value is -0.980. The number of hydrogen-bond donors (Lipinski definition) is 1. The van der Waals surface area contributed by atoms with Crippen LogP contribution >= 0.6 is 0 Å². The van der Waals surface area contributed by atoms with Crippen LogP contribution in [0.15, 0.2) is 4.52 Å². The zero-order valence-corrected chi connectivity index (χ0v) is 10.8. The number of rotatable bonds is 5. The number of methoxy groups -OCH3 is 2. The molecule has 0 radical (unpaired) electrons. The summed E-state index contributed by atoms with van der Waals surface area (Å²) in [5, 5.41) is 7.38. The van der Waals surface area contributed by atoms with Crippen molar-refractivity contribution in [2.24, 2.45) is 5.92 Å². The topological polar surface area (TPSA) is 69.4 Å². The van der Waals surface area contributed by atoms with Crippen LogP contribution in [-0.4, -0.2) is 37.0 Å². The smallest absolute Gasteiger partial charge is 0.243 e. The van der Waals surface area contributed by atoms with Crippen LogP contribution in [0, 0.1) is 5.92 Å². The van der Waals surface area contributed by atoms with E-state index in [4.69, 9.17) is 14.0 Å². The monoisotopic (exact) mass is 253 g/mol. The van der Waals surface area contributed by atoms with Crippen molar-refractivity contribution in [3.05, 3.63) is 11.7 Å². The summed E-state index contributed by atoms with van der Waals surface area (Å²) in [4.78, 5) is 4.47. The summed E-state index contributed by atoms with van der Waals surface area (Å²) in [5.74, 6) is 1.88. The third kappa shape index (κ3) is 2.28. The van der Waals surface area contributed by atoms with Gasteiger partial charge in [-0.05, 0) is 25.2 Å². The molecule has 0 amide bonds. The Morgan fingerprint density at radius 3 is 2.83 bits per heavy atom. The Kier molecular flexibility index (Phi) is 3.32. The van der Waals surface area contributed by atoms with Crippen molar-refractivity contribution in [3.8, 4) is 0 Å². The van der Waals surface area contributed by atoms with Crippen molar-refractivity contribution in [3.63, 3.8) is 0 Å². The lowest BCUT2D eigenvalue weighted by molar-refractivity contribution is 0.0751. The zero-order chi connectivity index (χ0) is 12.5. The second-order valence-electron chi connectivity index (χ2n) is 5.04. The third-order valence-electron chi connectivity index (χ3n) is 3.74. The van der Waals surface area contributed by atoms with E-state index in [-0.39, 0.29) is 18.2 Å². The maximum Gasteiger partial charge on any atom is 0.243 e. The highest BCUT2D eigenvalue weighted by atomic mass is 16.5. The van der Waals surface area contributed by atoms with E-state index in [1.807, 2.05) is 0 Å². The molecule has 100 valence electrons. The minimum absolute atomic E-state index is 0.0119. The molecule has 1 aliphatic carbocycles. The van der Waals surface area contributed by atoms with Crippen molar-refractivity contribution >= 4 is 0 Å². The van der Waals surface area contributed by atoms with Gasteiger partial charge >= 0.3 is 0 Å². The summed E-state index contributed by atoms with van der Waals surface area (Å²) in [6.45, 7) is 0.829. The van der Waals surface area contributed by atoms with Crippen LogP contribution < -0.4 is 5.32 Å². The van der Waals surface area contributed by atoms with E-state index in [2.05, 4.69) is 15.5 Å². The second-order valence-corrected chi connectivity index (χ2v) is 5.04. The van der Waals surface area contributed by atoms with E-state index in [1.54, 1.807) is 14.2 Å². The maximum atomic E-state index is 5.45. The van der Waals surface area contributed by atoms with Gasteiger partial charge in [0, 0.05) is 20.8 Å². The lowest BCUT2D eigenvalue weighted by atomic mass is 10.2.